The summed E-state index contributed by atoms with van der Waals surface area (Å²) in [5.41, 5.74) is 9.62. The first-order chi connectivity index (χ1) is 13.7. The second kappa shape index (κ2) is 7.74. The number of fused-ring (bicyclic) bond motifs is 1. The fourth-order valence-electron chi connectivity index (χ4n) is 3.03. The highest BCUT2D eigenvalue weighted by Crippen LogP contribution is 2.34. The molecule has 0 fully saturated rings. The average Bonchev–Trinajstić information content (AvgIpc) is 3.39. The first kappa shape index (κ1) is 18.1. The van der Waals surface area contributed by atoms with Crippen LogP contribution in [0, 0.1) is 5.92 Å². The lowest BCUT2D eigenvalue weighted by Crippen LogP contribution is -2.05. The van der Waals surface area contributed by atoms with Gasteiger partial charge in [0.15, 0.2) is 0 Å². The summed E-state index contributed by atoms with van der Waals surface area (Å²) < 4.78 is 1.26. The summed E-state index contributed by atoms with van der Waals surface area (Å²) in [7, 11) is 0. The minimum Gasteiger partial charge on any atom is -0.403 e. The fourth-order valence-corrected chi connectivity index (χ4v) is 3.96. The summed E-state index contributed by atoms with van der Waals surface area (Å²) in [4.78, 5) is 5.71. The van der Waals surface area contributed by atoms with Crippen molar-refractivity contribution in [3.8, 4) is 11.5 Å². The molecule has 0 aliphatic carbocycles. The van der Waals surface area contributed by atoms with Crippen LogP contribution in [-0.4, -0.2) is 25.2 Å². The van der Waals surface area contributed by atoms with Crippen LogP contribution >= 0.6 is 11.3 Å². The number of hydrogen-bond acceptors (Lipinski definition) is 6. The largest absolute Gasteiger partial charge is 0.403 e. The molecule has 140 valence electrons. The standard InChI is InChI=1S/C21H20N6S/c1-14(2)18(17-7-5-6-15-9-11-28-20(15)17)12-16(13-22)27-25-21(24-26-27)19-8-3-4-10-23-19/h3-14H,22H2,1-2H3/b16-13?,18-12+. The first-order valence-corrected chi connectivity index (χ1v) is 9.87. The predicted molar refractivity (Wildman–Crippen MR) is 114 cm³/mol. The Balaban J connectivity index is 1.76. The van der Waals surface area contributed by atoms with Gasteiger partial charge in [0.1, 0.15) is 11.4 Å². The Morgan fingerprint density at radius 1 is 1.14 bits per heavy atom. The number of nitrogens with zero attached hydrogens (tertiary/aromatic N) is 5. The molecule has 28 heavy (non-hydrogen) atoms. The number of nitrogens with two attached hydrogens (primary N) is 1. The Hall–Kier alpha value is -3.32. The van der Waals surface area contributed by atoms with Gasteiger partial charge in [-0.05, 0) is 57.3 Å². The molecule has 0 spiro atoms. The van der Waals surface area contributed by atoms with Gasteiger partial charge in [0.25, 0.3) is 0 Å². The first-order valence-electron chi connectivity index (χ1n) is 8.99. The Morgan fingerprint density at radius 2 is 2.04 bits per heavy atom. The van der Waals surface area contributed by atoms with Crippen LogP contribution < -0.4 is 5.73 Å². The van der Waals surface area contributed by atoms with E-state index in [1.165, 1.54) is 32.2 Å². The minimum atomic E-state index is 0.293. The Labute approximate surface area is 167 Å². The summed E-state index contributed by atoms with van der Waals surface area (Å²) >= 11 is 1.74. The maximum absolute atomic E-state index is 5.92. The molecule has 4 aromatic rings. The number of hydrogen-bond donors (Lipinski definition) is 1. The third-order valence-electron chi connectivity index (χ3n) is 4.42. The van der Waals surface area contributed by atoms with E-state index in [-0.39, 0.29) is 0 Å². The highest BCUT2D eigenvalue weighted by atomic mass is 32.1. The van der Waals surface area contributed by atoms with Crippen LogP contribution in [-0.2, 0) is 0 Å². The molecule has 7 heteroatoms. The summed E-state index contributed by atoms with van der Waals surface area (Å²) in [5, 5.41) is 16.1. The number of allylic oxidation sites excluding steroid dienone is 3. The molecule has 0 bridgehead atoms. The highest BCUT2D eigenvalue weighted by molar-refractivity contribution is 7.17. The van der Waals surface area contributed by atoms with Crippen LogP contribution in [0.15, 0.2) is 66.3 Å². The summed E-state index contributed by atoms with van der Waals surface area (Å²) in [6.45, 7) is 4.33. The van der Waals surface area contributed by atoms with Crippen molar-refractivity contribution in [3.63, 3.8) is 0 Å². The van der Waals surface area contributed by atoms with Crippen molar-refractivity contribution in [2.75, 3.05) is 0 Å². The van der Waals surface area contributed by atoms with Gasteiger partial charge in [-0.3, -0.25) is 4.98 Å². The quantitative estimate of drug-likeness (QED) is 0.511. The normalized spacial score (nSPS) is 12.8. The van der Waals surface area contributed by atoms with Gasteiger partial charge in [0.05, 0.1) is 0 Å². The topological polar surface area (TPSA) is 82.5 Å². The number of thiophene rings is 1. The molecule has 0 aliphatic rings. The molecular weight excluding hydrogens is 368 g/mol. The maximum atomic E-state index is 5.92. The van der Waals surface area contributed by atoms with Crippen LogP contribution in [0.25, 0.3) is 32.9 Å². The molecule has 0 saturated heterocycles. The lowest BCUT2D eigenvalue weighted by molar-refractivity contribution is 0.739. The molecule has 0 unspecified atom stereocenters. The number of pyridine rings is 1. The number of tetrazole rings is 1. The van der Waals surface area contributed by atoms with Gasteiger partial charge in [-0.1, -0.05) is 38.1 Å². The molecule has 3 heterocycles. The molecule has 2 N–H and O–H groups in total. The van der Waals surface area contributed by atoms with E-state index in [0.717, 1.165) is 0 Å². The lowest BCUT2D eigenvalue weighted by atomic mass is 9.93. The maximum Gasteiger partial charge on any atom is 0.223 e. The van der Waals surface area contributed by atoms with E-state index in [0.29, 0.717) is 23.1 Å². The van der Waals surface area contributed by atoms with Crippen LogP contribution in [0.5, 0.6) is 0 Å². The van der Waals surface area contributed by atoms with E-state index in [1.807, 2.05) is 24.3 Å². The van der Waals surface area contributed by atoms with E-state index < -0.39 is 0 Å². The molecule has 1 aromatic carbocycles. The number of rotatable bonds is 5. The van der Waals surface area contributed by atoms with Gasteiger partial charge in [-0.2, -0.15) is 0 Å². The van der Waals surface area contributed by atoms with E-state index >= 15 is 0 Å². The Morgan fingerprint density at radius 3 is 2.79 bits per heavy atom. The molecule has 4 rings (SSSR count). The van der Waals surface area contributed by atoms with Gasteiger partial charge in [0.2, 0.25) is 5.82 Å². The van der Waals surface area contributed by atoms with Crippen LogP contribution in [0.2, 0.25) is 0 Å². The molecule has 3 aromatic heterocycles. The van der Waals surface area contributed by atoms with Gasteiger partial charge in [-0.25, -0.2) is 0 Å². The summed E-state index contributed by atoms with van der Waals surface area (Å²) in [6.07, 6.45) is 5.23. The average molecular weight is 389 g/mol. The van der Waals surface area contributed by atoms with Crippen LogP contribution in [0.1, 0.15) is 19.4 Å². The predicted octanol–water partition coefficient (Wildman–Crippen LogP) is 4.45. The minimum absolute atomic E-state index is 0.293. The van der Waals surface area contributed by atoms with E-state index in [1.54, 1.807) is 17.5 Å². The fraction of sp³-hybridized carbons (Fsp3) is 0.143. The van der Waals surface area contributed by atoms with Crippen molar-refractivity contribution in [2.45, 2.75) is 13.8 Å². The van der Waals surface area contributed by atoms with E-state index in [4.69, 9.17) is 5.73 Å². The third-order valence-corrected chi connectivity index (χ3v) is 5.39. The van der Waals surface area contributed by atoms with E-state index in [2.05, 4.69) is 63.9 Å². The molecule has 0 amide bonds. The lowest BCUT2D eigenvalue weighted by Gasteiger charge is -2.14. The molecule has 0 radical (unpaired) electrons. The molecular formula is C21H20N6S. The van der Waals surface area contributed by atoms with Gasteiger partial charge in [-0.15, -0.1) is 26.3 Å². The van der Waals surface area contributed by atoms with Crippen molar-refractivity contribution in [1.29, 1.82) is 0 Å². The number of benzene rings is 1. The highest BCUT2D eigenvalue weighted by Gasteiger charge is 2.14. The van der Waals surface area contributed by atoms with Crippen molar-refractivity contribution in [1.82, 2.24) is 25.2 Å². The molecule has 6 nitrogen and oxygen atoms in total. The zero-order valence-electron chi connectivity index (χ0n) is 15.6. The van der Waals surface area contributed by atoms with Gasteiger partial charge >= 0.3 is 0 Å². The SMILES string of the molecule is CC(C)/C(=C\C(=CN)n1nnc(-c2ccccn2)n1)c1cccc2ccsc12. The second-order valence-electron chi connectivity index (χ2n) is 6.61. The van der Waals surface area contributed by atoms with Crippen LogP contribution in [0.4, 0.5) is 0 Å². The molecule has 0 aliphatic heterocycles. The van der Waals surface area contributed by atoms with E-state index in [9.17, 15) is 0 Å². The van der Waals surface area contributed by atoms with Gasteiger partial charge < -0.3 is 5.73 Å². The molecule has 0 saturated carbocycles. The Bertz CT molecular complexity index is 1150. The van der Waals surface area contributed by atoms with Gasteiger partial charge in [0, 0.05) is 17.1 Å². The van der Waals surface area contributed by atoms with Crippen LogP contribution in [0.3, 0.4) is 0 Å². The third kappa shape index (κ3) is 3.44. The summed E-state index contributed by atoms with van der Waals surface area (Å²) in [5.74, 6) is 0.751. The smallest absolute Gasteiger partial charge is 0.223 e. The summed E-state index contributed by atoms with van der Waals surface area (Å²) in [6, 6.07) is 14.1. The molecule has 0 atom stereocenters. The Kier molecular flexibility index (Phi) is 4.99. The van der Waals surface area contributed by atoms with Crippen molar-refractivity contribution < 1.29 is 0 Å². The van der Waals surface area contributed by atoms with Crippen molar-refractivity contribution in [3.05, 3.63) is 71.9 Å². The second-order valence-corrected chi connectivity index (χ2v) is 7.52. The van der Waals surface area contributed by atoms with Crippen molar-refractivity contribution in [2.24, 2.45) is 11.7 Å². The zero-order valence-corrected chi connectivity index (χ0v) is 16.5. The van der Waals surface area contributed by atoms with Crippen molar-refractivity contribution >= 4 is 32.7 Å². The number of aromatic nitrogens is 5. The monoisotopic (exact) mass is 388 g/mol. The zero-order chi connectivity index (χ0) is 19.5.